The third kappa shape index (κ3) is 1.23. The van der Waals surface area contributed by atoms with Crippen LogP contribution in [0.15, 0.2) is 11.6 Å². The minimum Gasteiger partial charge on any atom is -0.370 e. The predicted octanol–water partition coefficient (Wildman–Crippen LogP) is 2.02. The summed E-state index contributed by atoms with van der Waals surface area (Å²) in [5.41, 5.74) is 1.20. The second kappa shape index (κ2) is 3.06. The second-order valence-corrected chi connectivity index (χ2v) is 4.95. The Bertz CT molecular complexity index is 312. The van der Waals surface area contributed by atoms with Gasteiger partial charge in [0, 0.05) is 13.5 Å². The van der Waals surface area contributed by atoms with Gasteiger partial charge in [0.2, 0.25) is 0 Å². The Kier molecular flexibility index (Phi) is 2.00. The smallest absolute Gasteiger partial charge is 0.169 e. The number of ether oxygens (including phenoxy) is 3. The highest BCUT2D eigenvalue weighted by Crippen LogP contribution is 2.52. The Morgan fingerprint density at radius 3 is 3.20 bits per heavy atom. The quantitative estimate of drug-likeness (QED) is 0.620. The van der Waals surface area contributed by atoms with Gasteiger partial charge in [-0.25, -0.2) is 0 Å². The van der Waals surface area contributed by atoms with Crippen molar-refractivity contribution in [2.24, 2.45) is 0 Å². The van der Waals surface area contributed by atoms with Gasteiger partial charge in [0.1, 0.15) is 5.60 Å². The zero-order chi connectivity index (χ0) is 10.5. The number of rotatable bonds is 1. The normalized spacial score (nSPS) is 48.7. The van der Waals surface area contributed by atoms with Crippen molar-refractivity contribution in [1.29, 1.82) is 0 Å². The molecule has 3 heteroatoms. The van der Waals surface area contributed by atoms with Crippen LogP contribution >= 0.6 is 0 Å². The van der Waals surface area contributed by atoms with E-state index in [2.05, 4.69) is 6.08 Å². The number of allylic oxidation sites excluding steroid dienone is 1. The van der Waals surface area contributed by atoms with Gasteiger partial charge in [-0.05, 0) is 31.8 Å². The van der Waals surface area contributed by atoms with Gasteiger partial charge in [0.25, 0.3) is 0 Å². The summed E-state index contributed by atoms with van der Waals surface area (Å²) in [4.78, 5) is 0. The Labute approximate surface area is 90.4 Å². The lowest BCUT2D eigenvalue weighted by Gasteiger charge is -2.34. The first-order chi connectivity index (χ1) is 7.19. The first kappa shape index (κ1) is 9.82. The largest absolute Gasteiger partial charge is 0.370 e. The molecule has 0 N–H and O–H groups in total. The van der Waals surface area contributed by atoms with Crippen LogP contribution in [0.2, 0.25) is 0 Å². The summed E-state index contributed by atoms with van der Waals surface area (Å²) in [6.45, 7) is 2.76. The Hall–Kier alpha value is -0.380. The molecule has 0 bridgehead atoms. The van der Waals surface area contributed by atoms with Crippen molar-refractivity contribution in [3.05, 3.63) is 11.6 Å². The van der Waals surface area contributed by atoms with Gasteiger partial charge < -0.3 is 14.2 Å². The zero-order valence-corrected chi connectivity index (χ0v) is 9.41. The zero-order valence-electron chi connectivity index (χ0n) is 9.41. The maximum absolute atomic E-state index is 6.20. The monoisotopic (exact) mass is 210 g/mol. The SMILES string of the molecule is CO[C@@]1(C)CC2OCC3=CCCC[C@]32O1. The lowest BCUT2D eigenvalue weighted by molar-refractivity contribution is -0.221. The molecule has 3 rings (SSSR count). The van der Waals surface area contributed by atoms with Gasteiger partial charge in [0.05, 0.1) is 12.7 Å². The molecule has 2 saturated heterocycles. The van der Waals surface area contributed by atoms with Gasteiger partial charge in [-0.3, -0.25) is 0 Å². The molecule has 0 aromatic heterocycles. The van der Waals surface area contributed by atoms with Crippen molar-refractivity contribution in [2.75, 3.05) is 13.7 Å². The van der Waals surface area contributed by atoms with E-state index < -0.39 is 5.79 Å². The van der Waals surface area contributed by atoms with E-state index in [0.717, 1.165) is 19.4 Å². The van der Waals surface area contributed by atoms with E-state index >= 15 is 0 Å². The average Bonchev–Trinajstić information content (AvgIpc) is 2.69. The van der Waals surface area contributed by atoms with Crippen LogP contribution in [0.4, 0.5) is 0 Å². The fraction of sp³-hybridized carbons (Fsp3) is 0.833. The topological polar surface area (TPSA) is 27.7 Å². The summed E-state index contributed by atoms with van der Waals surface area (Å²) < 4.78 is 17.5. The maximum atomic E-state index is 6.20. The van der Waals surface area contributed by atoms with Crippen LogP contribution in [0.25, 0.3) is 0 Å². The average molecular weight is 210 g/mol. The van der Waals surface area contributed by atoms with E-state index in [4.69, 9.17) is 14.2 Å². The fourth-order valence-corrected chi connectivity index (χ4v) is 3.14. The summed E-state index contributed by atoms with van der Waals surface area (Å²) in [7, 11) is 1.71. The highest BCUT2D eigenvalue weighted by molar-refractivity contribution is 5.29. The number of methoxy groups -OCH3 is 1. The molecule has 3 atom stereocenters. The van der Waals surface area contributed by atoms with Gasteiger partial charge in [-0.1, -0.05) is 6.08 Å². The lowest BCUT2D eigenvalue weighted by atomic mass is 9.81. The van der Waals surface area contributed by atoms with E-state index in [9.17, 15) is 0 Å². The molecule has 2 fully saturated rings. The first-order valence-electron chi connectivity index (χ1n) is 5.75. The van der Waals surface area contributed by atoms with Gasteiger partial charge in [-0.15, -0.1) is 0 Å². The molecule has 15 heavy (non-hydrogen) atoms. The summed E-state index contributed by atoms with van der Waals surface area (Å²) in [5, 5.41) is 0. The summed E-state index contributed by atoms with van der Waals surface area (Å²) in [5.74, 6) is -0.457. The van der Waals surface area contributed by atoms with Crippen molar-refractivity contribution < 1.29 is 14.2 Å². The molecule has 1 spiro atoms. The molecule has 0 amide bonds. The van der Waals surface area contributed by atoms with Crippen LogP contribution in [-0.4, -0.2) is 31.2 Å². The molecule has 0 aromatic rings. The van der Waals surface area contributed by atoms with Crippen molar-refractivity contribution in [3.63, 3.8) is 0 Å². The molecule has 2 aliphatic heterocycles. The molecule has 2 heterocycles. The highest BCUT2D eigenvalue weighted by atomic mass is 16.7. The van der Waals surface area contributed by atoms with Gasteiger partial charge >= 0.3 is 0 Å². The Morgan fingerprint density at radius 2 is 2.40 bits per heavy atom. The molecule has 0 radical (unpaired) electrons. The van der Waals surface area contributed by atoms with Crippen molar-refractivity contribution in [3.8, 4) is 0 Å². The summed E-state index contributed by atoms with van der Waals surface area (Å²) in [6.07, 6.45) is 6.80. The minimum absolute atomic E-state index is 0.150. The maximum Gasteiger partial charge on any atom is 0.169 e. The van der Waals surface area contributed by atoms with E-state index in [1.807, 2.05) is 6.92 Å². The van der Waals surface area contributed by atoms with E-state index in [0.29, 0.717) is 0 Å². The molecule has 84 valence electrons. The second-order valence-electron chi connectivity index (χ2n) is 4.95. The molecular formula is C12H18O3. The predicted molar refractivity (Wildman–Crippen MR) is 55.5 cm³/mol. The van der Waals surface area contributed by atoms with E-state index in [1.54, 1.807) is 7.11 Å². The number of hydrogen-bond donors (Lipinski definition) is 0. The third-order valence-corrected chi connectivity index (χ3v) is 4.03. The molecular weight excluding hydrogens is 192 g/mol. The minimum atomic E-state index is -0.457. The lowest BCUT2D eigenvalue weighted by Crippen LogP contribution is -2.40. The molecule has 0 aromatic carbocycles. The van der Waals surface area contributed by atoms with Crippen LogP contribution in [-0.2, 0) is 14.2 Å². The van der Waals surface area contributed by atoms with Crippen molar-refractivity contribution >= 4 is 0 Å². The Morgan fingerprint density at radius 1 is 1.53 bits per heavy atom. The number of hydrogen-bond acceptors (Lipinski definition) is 3. The van der Waals surface area contributed by atoms with Gasteiger partial charge in [-0.2, -0.15) is 0 Å². The Balaban J connectivity index is 1.96. The third-order valence-electron chi connectivity index (χ3n) is 4.03. The van der Waals surface area contributed by atoms with Crippen molar-refractivity contribution in [1.82, 2.24) is 0 Å². The van der Waals surface area contributed by atoms with Crippen LogP contribution in [0.5, 0.6) is 0 Å². The van der Waals surface area contributed by atoms with Gasteiger partial charge in [0.15, 0.2) is 5.79 Å². The molecule has 3 aliphatic rings. The van der Waals surface area contributed by atoms with E-state index in [1.165, 1.54) is 18.4 Å². The molecule has 1 aliphatic carbocycles. The summed E-state index contributed by atoms with van der Waals surface area (Å²) >= 11 is 0. The molecule has 3 nitrogen and oxygen atoms in total. The van der Waals surface area contributed by atoms with Crippen LogP contribution in [0, 0.1) is 0 Å². The van der Waals surface area contributed by atoms with Crippen LogP contribution < -0.4 is 0 Å². The molecule has 0 saturated carbocycles. The fourth-order valence-electron chi connectivity index (χ4n) is 3.14. The highest BCUT2D eigenvalue weighted by Gasteiger charge is 2.60. The summed E-state index contributed by atoms with van der Waals surface area (Å²) in [6, 6.07) is 0. The van der Waals surface area contributed by atoms with E-state index in [-0.39, 0.29) is 11.7 Å². The van der Waals surface area contributed by atoms with Crippen molar-refractivity contribution in [2.45, 2.75) is 50.1 Å². The molecule has 1 unspecified atom stereocenters. The van der Waals surface area contributed by atoms with Crippen LogP contribution in [0.1, 0.15) is 32.6 Å². The standard InChI is InChI=1S/C12H18O3/c1-11(13-2)7-10-12(15-11)6-4-3-5-9(12)8-14-10/h5,10H,3-4,6-8H2,1-2H3/t10?,11-,12+/m1/s1. The van der Waals surface area contributed by atoms with Crippen LogP contribution in [0.3, 0.4) is 0 Å². The first-order valence-corrected chi connectivity index (χ1v) is 5.75.